The number of ether oxygens (including phenoxy) is 2. The molecule has 114 valence electrons. The van der Waals surface area contributed by atoms with Gasteiger partial charge in [0.2, 0.25) is 0 Å². The van der Waals surface area contributed by atoms with E-state index in [0.29, 0.717) is 6.61 Å². The first-order chi connectivity index (χ1) is 9.43. The van der Waals surface area contributed by atoms with E-state index in [2.05, 4.69) is 0 Å². The Balaban J connectivity index is 1.71. The average Bonchev–Trinajstić information content (AvgIpc) is 2.46. The second kappa shape index (κ2) is 12.9. The molecule has 0 aliphatic carbocycles. The fraction of sp³-hybridized carbons (Fsp3) is 1.00. The van der Waals surface area contributed by atoms with Gasteiger partial charge in [0.25, 0.3) is 0 Å². The zero-order chi connectivity index (χ0) is 13.6. The summed E-state index contributed by atoms with van der Waals surface area (Å²) in [6.07, 6.45) is 14.8. The molecule has 1 heterocycles. The van der Waals surface area contributed by atoms with Crippen molar-refractivity contribution in [1.82, 2.24) is 0 Å². The van der Waals surface area contributed by atoms with Gasteiger partial charge in [-0.25, -0.2) is 0 Å². The van der Waals surface area contributed by atoms with Crippen LogP contribution in [0.3, 0.4) is 0 Å². The number of hydrogen-bond acceptors (Lipinski definition) is 3. The van der Waals surface area contributed by atoms with Crippen LogP contribution in [0.5, 0.6) is 0 Å². The Kier molecular flexibility index (Phi) is 11.5. The van der Waals surface area contributed by atoms with Crippen LogP contribution in [-0.4, -0.2) is 31.2 Å². The summed E-state index contributed by atoms with van der Waals surface area (Å²) in [5, 5.41) is 8.66. The highest BCUT2D eigenvalue weighted by Crippen LogP contribution is 2.14. The third-order valence-corrected chi connectivity index (χ3v) is 3.74. The Morgan fingerprint density at radius 3 is 2.05 bits per heavy atom. The molecule has 0 amide bonds. The molecule has 0 radical (unpaired) electrons. The molecular weight excluding hydrogens is 240 g/mol. The standard InChI is InChI=1S/C16H32O3/c17-13-9-6-4-2-1-3-5-7-10-14-18-16-12-8-11-15-19-16/h16-17H,1-15H2. The van der Waals surface area contributed by atoms with Crippen LogP contribution in [-0.2, 0) is 9.47 Å². The lowest BCUT2D eigenvalue weighted by Crippen LogP contribution is -2.22. The molecule has 1 fully saturated rings. The van der Waals surface area contributed by atoms with Crippen LogP contribution in [0.25, 0.3) is 0 Å². The highest BCUT2D eigenvalue weighted by Gasteiger charge is 2.13. The lowest BCUT2D eigenvalue weighted by atomic mass is 10.1. The van der Waals surface area contributed by atoms with E-state index in [1.54, 1.807) is 0 Å². The van der Waals surface area contributed by atoms with Crippen LogP contribution in [0.15, 0.2) is 0 Å². The minimum Gasteiger partial charge on any atom is -0.396 e. The van der Waals surface area contributed by atoms with Crippen molar-refractivity contribution in [3.8, 4) is 0 Å². The molecule has 1 N–H and O–H groups in total. The Bertz CT molecular complexity index is 179. The van der Waals surface area contributed by atoms with Gasteiger partial charge in [-0.1, -0.05) is 44.9 Å². The van der Waals surface area contributed by atoms with Gasteiger partial charge in [0.1, 0.15) is 0 Å². The molecule has 0 aromatic heterocycles. The Labute approximate surface area is 118 Å². The van der Waals surface area contributed by atoms with Crippen molar-refractivity contribution in [1.29, 1.82) is 0 Å². The zero-order valence-electron chi connectivity index (χ0n) is 12.4. The molecule has 0 bridgehead atoms. The first-order valence-electron chi connectivity index (χ1n) is 8.27. The first kappa shape index (κ1) is 16.9. The first-order valence-corrected chi connectivity index (χ1v) is 8.27. The van der Waals surface area contributed by atoms with Crippen molar-refractivity contribution in [3.05, 3.63) is 0 Å². The van der Waals surface area contributed by atoms with Crippen LogP contribution in [0.4, 0.5) is 0 Å². The summed E-state index contributed by atoms with van der Waals surface area (Å²) in [6.45, 7) is 2.09. The monoisotopic (exact) mass is 272 g/mol. The predicted molar refractivity (Wildman–Crippen MR) is 78.2 cm³/mol. The Hall–Kier alpha value is -0.120. The molecule has 3 nitrogen and oxygen atoms in total. The molecule has 1 saturated heterocycles. The van der Waals surface area contributed by atoms with Crippen LogP contribution >= 0.6 is 0 Å². The SMILES string of the molecule is OCCCCCCCCCCCOC1CCCCO1. The van der Waals surface area contributed by atoms with Gasteiger partial charge in [-0.05, 0) is 32.1 Å². The van der Waals surface area contributed by atoms with E-state index in [9.17, 15) is 0 Å². The smallest absolute Gasteiger partial charge is 0.157 e. The molecular formula is C16H32O3. The summed E-state index contributed by atoms with van der Waals surface area (Å²) < 4.78 is 11.2. The van der Waals surface area contributed by atoms with E-state index < -0.39 is 0 Å². The molecule has 1 aliphatic rings. The van der Waals surface area contributed by atoms with Crippen molar-refractivity contribution in [2.24, 2.45) is 0 Å². The maximum absolute atomic E-state index is 8.66. The number of aliphatic hydroxyl groups excluding tert-OH is 1. The van der Waals surface area contributed by atoms with Gasteiger partial charge in [0, 0.05) is 19.8 Å². The Morgan fingerprint density at radius 1 is 0.842 bits per heavy atom. The van der Waals surface area contributed by atoms with Crippen molar-refractivity contribution in [3.63, 3.8) is 0 Å². The third-order valence-electron chi connectivity index (χ3n) is 3.74. The summed E-state index contributed by atoms with van der Waals surface area (Å²) in [4.78, 5) is 0. The lowest BCUT2D eigenvalue weighted by Gasteiger charge is -2.22. The molecule has 0 aromatic rings. The van der Waals surface area contributed by atoms with Crippen LogP contribution in [0.2, 0.25) is 0 Å². The summed E-state index contributed by atoms with van der Waals surface area (Å²) in [7, 11) is 0. The molecule has 1 atom stereocenters. The number of aliphatic hydroxyl groups is 1. The molecule has 0 saturated carbocycles. The second-order valence-electron chi connectivity index (χ2n) is 5.57. The predicted octanol–water partition coefficient (Wildman–Crippen LogP) is 4.03. The largest absolute Gasteiger partial charge is 0.396 e. The van der Waals surface area contributed by atoms with Gasteiger partial charge in [-0.15, -0.1) is 0 Å². The summed E-state index contributed by atoms with van der Waals surface area (Å²) in [5.41, 5.74) is 0. The maximum Gasteiger partial charge on any atom is 0.157 e. The van der Waals surface area contributed by atoms with Crippen molar-refractivity contribution in [2.75, 3.05) is 19.8 Å². The normalized spacial score (nSPS) is 19.7. The van der Waals surface area contributed by atoms with Gasteiger partial charge in [-0.3, -0.25) is 0 Å². The number of unbranched alkanes of at least 4 members (excludes halogenated alkanes) is 8. The zero-order valence-corrected chi connectivity index (χ0v) is 12.4. The van der Waals surface area contributed by atoms with Gasteiger partial charge >= 0.3 is 0 Å². The topological polar surface area (TPSA) is 38.7 Å². The molecule has 1 unspecified atom stereocenters. The van der Waals surface area contributed by atoms with Crippen LogP contribution in [0, 0.1) is 0 Å². The van der Waals surface area contributed by atoms with E-state index >= 15 is 0 Å². The molecule has 1 rings (SSSR count). The quantitative estimate of drug-likeness (QED) is 0.545. The van der Waals surface area contributed by atoms with Gasteiger partial charge in [0.05, 0.1) is 0 Å². The fourth-order valence-electron chi connectivity index (χ4n) is 2.51. The summed E-state index contributed by atoms with van der Waals surface area (Å²) >= 11 is 0. The summed E-state index contributed by atoms with van der Waals surface area (Å²) in [5.74, 6) is 0. The van der Waals surface area contributed by atoms with E-state index in [4.69, 9.17) is 14.6 Å². The van der Waals surface area contributed by atoms with Crippen molar-refractivity contribution >= 4 is 0 Å². The average molecular weight is 272 g/mol. The second-order valence-corrected chi connectivity index (χ2v) is 5.57. The van der Waals surface area contributed by atoms with Crippen LogP contribution in [0.1, 0.15) is 77.0 Å². The maximum atomic E-state index is 8.66. The molecule has 3 heteroatoms. The molecule has 1 aliphatic heterocycles. The minimum absolute atomic E-state index is 0.0836. The van der Waals surface area contributed by atoms with Crippen LogP contribution < -0.4 is 0 Å². The van der Waals surface area contributed by atoms with E-state index in [-0.39, 0.29) is 6.29 Å². The fourth-order valence-corrected chi connectivity index (χ4v) is 2.51. The highest BCUT2D eigenvalue weighted by atomic mass is 16.7. The van der Waals surface area contributed by atoms with E-state index in [1.165, 1.54) is 64.2 Å². The van der Waals surface area contributed by atoms with Crippen molar-refractivity contribution in [2.45, 2.75) is 83.3 Å². The third kappa shape index (κ3) is 10.3. The Morgan fingerprint density at radius 2 is 1.47 bits per heavy atom. The summed E-state index contributed by atoms with van der Waals surface area (Å²) in [6, 6.07) is 0. The molecule has 0 aromatic carbocycles. The van der Waals surface area contributed by atoms with E-state index in [1.807, 2.05) is 0 Å². The van der Waals surface area contributed by atoms with Gasteiger partial charge in [0.15, 0.2) is 6.29 Å². The van der Waals surface area contributed by atoms with Gasteiger partial charge in [-0.2, -0.15) is 0 Å². The highest BCUT2D eigenvalue weighted by molar-refractivity contribution is 4.54. The molecule has 19 heavy (non-hydrogen) atoms. The van der Waals surface area contributed by atoms with Crippen molar-refractivity contribution < 1.29 is 14.6 Å². The van der Waals surface area contributed by atoms with Gasteiger partial charge < -0.3 is 14.6 Å². The minimum atomic E-state index is 0.0836. The number of rotatable bonds is 12. The van der Waals surface area contributed by atoms with E-state index in [0.717, 1.165) is 26.1 Å². The number of hydrogen-bond donors (Lipinski definition) is 1. The molecule has 0 spiro atoms. The lowest BCUT2D eigenvalue weighted by molar-refractivity contribution is -0.162.